The van der Waals surface area contributed by atoms with Crippen molar-refractivity contribution >= 4 is 11.8 Å². The molecule has 0 aliphatic rings. The molecule has 0 spiro atoms. The highest BCUT2D eigenvalue weighted by molar-refractivity contribution is 7.98. The molecule has 138 valence electrons. The van der Waals surface area contributed by atoms with Crippen LogP contribution < -0.4 is 10.6 Å². The number of terminal acetylenes is 1. The second-order valence-electron chi connectivity index (χ2n) is 6.31. The van der Waals surface area contributed by atoms with Crippen LogP contribution in [0.1, 0.15) is 25.4 Å². The summed E-state index contributed by atoms with van der Waals surface area (Å²) in [7, 11) is 3.99. The van der Waals surface area contributed by atoms with Crippen molar-refractivity contribution in [3.05, 3.63) is 45.8 Å². The van der Waals surface area contributed by atoms with Gasteiger partial charge in [-0.3, -0.25) is 10.1 Å². The lowest BCUT2D eigenvalue weighted by molar-refractivity contribution is -0.404. The van der Waals surface area contributed by atoms with E-state index in [0.29, 0.717) is 12.4 Å². The van der Waals surface area contributed by atoms with Gasteiger partial charge in [0.25, 0.3) is 6.20 Å². The zero-order valence-corrected chi connectivity index (χ0v) is 16.0. The Hall–Kier alpha value is -2.11. The smallest absolute Gasteiger partial charge is 0.274 e. The average Bonchev–Trinajstić information content (AvgIpc) is 2.92. The summed E-state index contributed by atoms with van der Waals surface area (Å²) in [5, 5.41) is 16.7. The first-order valence-electron chi connectivity index (χ1n) is 7.87. The third kappa shape index (κ3) is 9.08. The molecule has 0 atom stereocenters. The average molecular weight is 366 g/mol. The lowest BCUT2D eigenvalue weighted by Gasteiger charge is -2.22. The van der Waals surface area contributed by atoms with Gasteiger partial charge in [0.1, 0.15) is 11.5 Å². The summed E-state index contributed by atoms with van der Waals surface area (Å²) < 4.78 is 5.74. The molecule has 1 aromatic rings. The van der Waals surface area contributed by atoms with Crippen LogP contribution in [0.3, 0.4) is 0 Å². The minimum Gasteiger partial charge on any atom is -0.464 e. The summed E-state index contributed by atoms with van der Waals surface area (Å²) in [6.45, 7) is 4.90. The van der Waals surface area contributed by atoms with E-state index in [9.17, 15) is 10.1 Å². The fraction of sp³-hybridized carbons (Fsp3) is 0.529. The molecule has 7 nitrogen and oxygen atoms in total. The lowest BCUT2D eigenvalue weighted by Crippen LogP contribution is -2.42. The largest absolute Gasteiger partial charge is 0.464 e. The van der Waals surface area contributed by atoms with E-state index >= 15 is 0 Å². The first-order chi connectivity index (χ1) is 11.7. The van der Waals surface area contributed by atoms with Crippen molar-refractivity contribution in [1.29, 1.82) is 0 Å². The van der Waals surface area contributed by atoms with E-state index in [2.05, 4.69) is 16.6 Å². The van der Waals surface area contributed by atoms with Gasteiger partial charge in [0.15, 0.2) is 5.82 Å². The van der Waals surface area contributed by atoms with Crippen molar-refractivity contribution < 1.29 is 9.34 Å². The number of rotatable bonds is 11. The van der Waals surface area contributed by atoms with E-state index in [4.69, 9.17) is 10.8 Å². The molecule has 8 heteroatoms. The molecule has 0 unspecified atom stereocenters. The quantitative estimate of drug-likeness (QED) is 0.269. The Kier molecular flexibility index (Phi) is 8.38. The Bertz CT molecular complexity index is 632. The lowest BCUT2D eigenvalue weighted by atomic mass is 10.1. The Balaban J connectivity index is 2.38. The summed E-state index contributed by atoms with van der Waals surface area (Å²) in [4.78, 5) is 12.3. The van der Waals surface area contributed by atoms with Gasteiger partial charge in [-0.1, -0.05) is 5.92 Å². The summed E-state index contributed by atoms with van der Waals surface area (Å²) in [5.41, 5.74) is -0.668. The van der Waals surface area contributed by atoms with Gasteiger partial charge >= 0.3 is 0 Å². The molecule has 0 aliphatic carbocycles. The molecule has 0 aliphatic heterocycles. The maximum absolute atomic E-state index is 10.7. The summed E-state index contributed by atoms with van der Waals surface area (Å²) in [5.74, 6) is 6.25. The van der Waals surface area contributed by atoms with Crippen LogP contribution in [0.4, 0.5) is 0 Å². The van der Waals surface area contributed by atoms with E-state index in [0.717, 1.165) is 35.8 Å². The van der Waals surface area contributed by atoms with Crippen molar-refractivity contribution in [2.75, 3.05) is 26.4 Å². The molecule has 1 aromatic heterocycles. The molecule has 0 fully saturated rings. The first kappa shape index (κ1) is 20.9. The zero-order chi connectivity index (χ0) is 18.9. The van der Waals surface area contributed by atoms with Crippen LogP contribution in [0, 0.1) is 22.5 Å². The van der Waals surface area contributed by atoms with Gasteiger partial charge in [-0.25, -0.2) is 0 Å². The SMILES string of the molecule is C#CC(C)(C)NC(=C[N+](=O)[O-])NCCSCc1ccc(CN(C)C)o1. The molecule has 0 radical (unpaired) electrons. The van der Waals surface area contributed by atoms with E-state index in [1.54, 1.807) is 25.6 Å². The summed E-state index contributed by atoms with van der Waals surface area (Å²) in [6.07, 6.45) is 6.30. The molecule has 25 heavy (non-hydrogen) atoms. The van der Waals surface area contributed by atoms with Crippen molar-refractivity contribution in [3.63, 3.8) is 0 Å². The normalized spacial score (nSPS) is 12.1. The number of nitrogens with one attached hydrogen (secondary N) is 2. The van der Waals surface area contributed by atoms with E-state index in [-0.39, 0.29) is 0 Å². The monoisotopic (exact) mass is 366 g/mol. The maximum Gasteiger partial charge on any atom is 0.274 e. The third-order valence-corrected chi connectivity index (χ3v) is 4.02. The predicted octanol–water partition coefficient (Wildman–Crippen LogP) is 2.24. The number of nitrogens with zero attached hydrogens (tertiary/aromatic N) is 2. The Morgan fingerprint density at radius 1 is 1.48 bits per heavy atom. The van der Waals surface area contributed by atoms with E-state index < -0.39 is 10.5 Å². The van der Waals surface area contributed by atoms with Crippen LogP contribution in [0.2, 0.25) is 0 Å². The second-order valence-corrected chi connectivity index (χ2v) is 7.41. The number of nitro groups is 1. The molecule has 1 heterocycles. The van der Waals surface area contributed by atoms with Crippen LogP contribution in [0.25, 0.3) is 0 Å². The number of thioether (sulfide) groups is 1. The fourth-order valence-electron chi connectivity index (χ4n) is 1.93. The van der Waals surface area contributed by atoms with Crippen LogP contribution in [0.15, 0.2) is 28.6 Å². The highest BCUT2D eigenvalue weighted by Crippen LogP contribution is 2.16. The van der Waals surface area contributed by atoms with Crippen molar-refractivity contribution in [3.8, 4) is 12.3 Å². The van der Waals surface area contributed by atoms with Gasteiger partial charge in [0.05, 0.1) is 22.8 Å². The first-order valence-corrected chi connectivity index (χ1v) is 9.02. The molecule has 2 N–H and O–H groups in total. The third-order valence-electron chi connectivity index (χ3n) is 3.04. The van der Waals surface area contributed by atoms with Crippen molar-refractivity contribution in [1.82, 2.24) is 15.5 Å². The molecule has 0 saturated heterocycles. The van der Waals surface area contributed by atoms with Crippen molar-refractivity contribution in [2.24, 2.45) is 0 Å². The van der Waals surface area contributed by atoms with Gasteiger partial charge in [-0.05, 0) is 40.1 Å². The van der Waals surface area contributed by atoms with Crippen LogP contribution in [-0.2, 0) is 12.3 Å². The number of furan rings is 1. The summed E-state index contributed by atoms with van der Waals surface area (Å²) >= 11 is 1.69. The molecule has 0 bridgehead atoms. The predicted molar refractivity (Wildman–Crippen MR) is 101 cm³/mol. The second kappa shape index (κ2) is 10.0. The standard InChI is InChI=1S/C17H26N4O3S/c1-6-17(2,3)19-16(12-21(22)23)18-9-10-25-13-15-8-7-14(24-15)11-20(4)5/h1,7-8,12,18-19H,9-11,13H2,2-5H3. The fourth-order valence-corrected chi connectivity index (χ4v) is 2.67. The number of hydrogen-bond donors (Lipinski definition) is 2. The Morgan fingerprint density at radius 2 is 2.16 bits per heavy atom. The van der Waals surface area contributed by atoms with Gasteiger partial charge in [0.2, 0.25) is 0 Å². The summed E-state index contributed by atoms with van der Waals surface area (Å²) in [6, 6.07) is 3.96. The molecular formula is C17H26N4O3S. The number of hydrogen-bond acceptors (Lipinski definition) is 7. The van der Waals surface area contributed by atoms with Gasteiger partial charge in [-0.2, -0.15) is 11.8 Å². The highest BCUT2D eigenvalue weighted by atomic mass is 32.2. The molecular weight excluding hydrogens is 340 g/mol. The highest BCUT2D eigenvalue weighted by Gasteiger charge is 2.16. The minimum atomic E-state index is -0.668. The van der Waals surface area contributed by atoms with Crippen molar-refractivity contribution in [2.45, 2.75) is 31.7 Å². The topological polar surface area (TPSA) is 83.6 Å². The van der Waals surface area contributed by atoms with Crippen LogP contribution >= 0.6 is 11.8 Å². The maximum atomic E-state index is 10.7. The molecule has 0 saturated carbocycles. The molecule has 0 amide bonds. The van der Waals surface area contributed by atoms with E-state index in [1.807, 2.05) is 31.1 Å². The molecule has 0 aromatic carbocycles. The Morgan fingerprint density at radius 3 is 2.76 bits per heavy atom. The van der Waals surface area contributed by atoms with Gasteiger partial charge in [-0.15, -0.1) is 6.42 Å². The Labute approximate surface area is 153 Å². The van der Waals surface area contributed by atoms with Gasteiger partial charge < -0.3 is 20.0 Å². The van der Waals surface area contributed by atoms with Crippen LogP contribution in [0.5, 0.6) is 0 Å². The van der Waals surface area contributed by atoms with Crippen LogP contribution in [-0.4, -0.2) is 41.8 Å². The van der Waals surface area contributed by atoms with E-state index in [1.165, 1.54) is 0 Å². The van der Waals surface area contributed by atoms with Gasteiger partial charge in [0, 0.05) is 12.3 Å². The zero-order valence-electron chi connectivity index (χ0n) is 15.2. The minimum absolute atomic E-state index is 0.305. The molecule has 1 rings (SSSR count).